The molecule has 2 aromatic rings. The predicted molar refractivity (Wildman–Crippen MR) is 118 cm³/mol. The number of hydrogen-bond acceptors (Lipinski definition) is 2. The van der Waals surface area contributed by atoms with E-state index in [9.17, 15) is 14.0 Å². The highest BCUT2D eigenvalue weighted by Crippen LogP contribution is 2.35. The summed E-state index contributed by atoms with van der Waals surface area (Å²) in [6.07, 6.45) is 3.00. The zero-order valence-corrected chi connectivity index (χ0v) is 18.2. The molecule has 0 spiro atoms. The van der Waals surface area contributed by atoms with Gasteiger partial charge in [0.25, 0.3) is 5.91 Å². The maximum atomic E-state index is 14.2. The fraction of sp³-hybridized carbons (Fsp3) is 0.440. The van der Waals surface area contributed by atoms with Crippen LogP contribution in [0.2, 0.25) is 0 Å². The highest BCUT2D eigenvalue weighted by atomic mass is 19.1. The van der Waals surface area contributed by atoms with E-state index in [-0.39, 0.29) is 35.8 Å². The van der Waals surface area contributed by atoms with Crippen molar-refractivity contribution in [2.24, 2.45) is 5.92 Å². The molecule has 1 saturated heterocycles. The number of hydrogen-bond donors (Lipinski definition) is 2. The first-order chi connectivity index (χ1) is 14.9. The van der Waals surface area contributed by atoms with Crippen molar-refractivity contribution in [2.75, 3.05) is 13.1 Å². The molecule has 2 aliphatic rings. The highest BCUT2D eigenvalue weighted by Gasteiger charge is 2.32. The van der Waals surface area contributed by atoms with Gasteiger partial charge in [-0.2, -0.15) is 0 Å². The summed E-state index contributed by atoms with van der Waals surface area (Å²) >= 11 is 0. The molecule has 3 amide bonds. The third-order valence-corrected chi connectivity index (χ3v) is 6.59. The first-order valence-electron chi connectivity index (χ1n) is 11.1. The molecule has 0 saturated carbocycles. The molecular formula is C25H30FN3O2. The lowest BCUT2D eigenvalue weighted by Crippen LogP contribution is -2.50. The van der Waals surface area contributed by atoms with Crippen LogP contribution in [-0.2, 0) is 6.42 Å². The molecule has 2 unspecified atom stereocenters. The van der Waals surface area contributed by atoms with Crippen LogP contribution < -0.4 is 10.6 Å². The van der Waals surface area contributed by atoms with Gasteiger partial charge in [0.15, 0.2) is 0 Å². The number of nitrogens with one attached hydrogen (secondary N) is 2. The molecular weight excluding hydrogens is 393 g/mol. The number of piperidine rings is 1. The summed E-state index contributed by atoms with van der Waals surface area (Å²) in [5, 5.41) is 6.23. The molecule has 164 valence electrons. The number of urea groups is 1. The monoisotopic (exact) mass is 423 g/mol. The average molecular weight is 424 g/mol. The summed E-state index contributed by atoms with van der Waals surface area (Å²) in [7, 11) is 0. The second kappa shape index (κ2) is 9.08. The average Bonchev–Trinajstić information content (AvgIpc) is 2.76. The Balaban J connectivity index is 1.33. The third kappa shape index (κ3) is 4.73. The summed E-state index contributed by atoms with van der Waals surface area (Å²) in [5.74, 6) is -0.000475. The van der Waals surface area contributed by atoms with Gasteiger partial charge in [-0.3, -0.25) is 4.79 Å². The van der Waals surface area contributed by atoms with Gasteiger partial charge in [-0.25, -0.2) is 9.18 Å². The number of carbonyl (C=O) groups is 2. The van der Waals surface area contributed by atoms with E-state index in [2.05, 4.69) is 17.6 Å². The molecule has 6 heteroatoms. The molecule has 0 radical (unpaired) electrons. The van der Waals surface area contributed by atoms with Crippen LogP contribution in [0.5, 0.6) is 0 Å². The quantitative estimate of drug-likeness (QED) is 0.771. The fourth-order valence-electron chi connectivity index (χ4n) is 4.70. The Hall–Kier alpha value is -2.89. The minimum absolute atomic E-state index is 0.0560. The van der Waals surface area contributed by atoms with Gasteiger partial charge in [-0.1, -0.05) is 36.8 Å². The largest absolute Gasteiger partial charge is 0.349 e. The summed E-state index contributed by atoms with van der Waals surface area (Å²) in [6.45, 7) is 5.24. The Morgan fingerprint density at radius 3 is 2.52 bits per heavy atom. The minimum Gasteiger partial charge on any atom is -0.349 e. The van der Waals surface area contributed by atoms with Gasteiger partial charge in [0.1, 0.15) is 5.82 Å². The highest BCUT2D eigenvalue weighted by molar-refractivity contribution is 5.94. The van der Waals surface area contributed by atoms with Crippen LogP contribution in [0, 0.1) is 18.7 Å². The van der Waals surface area contributed by atoms with Gasteiger partial charge >= 0.3 is 6.03 Å². The van der Waals surface area contributed by atoms with Crippen LogP contribution >= 0.6 is 0 Å². The molecule has 1 heterocycles. The molecule has 1 aliphatic carbocycles. The molecule has 5 nitrogen and oxygen atoms in total. The standard InChI is InChI=1S/C25H30FN3O2/c1-16-5-3-6-18(15-16)24(30)27-19-11-13-29(14-12-19)25(31)28-23-17(2)9-10-20-21(23)7-4-8-22(20)26/h3-8,15,17,19,23H,9-14H2,1-2H3,(H,27,30)(H,28,31). The van der Waals surface area contributed by atoms with Gasteiger partial charge in [-0.05, 0) is 67.9 Å². The number of likely N-dealkylation sites (tertiary alicyclic amines) is 1. The topological polar surface area (TPSA) is 61.4 Å². The zero-order chi connectivity index (χ0) is 22.0. The zero-order valence-electron chi connectivity index (χ0n) is 18.2. The lowest BCUT2D eigenvalue weighted by Gasteiger charge is -2.36. The number of benzene rings is 2. The van der Waals surface area contributed by atoms with E-state index in [1.165, 1.54) is 6.07 Å². The second-order valence-corrected chi connectivity index (χ2v) is 8.85. The summed E-state index contributed by atoms with van der Waals surface area (Å²) < 4.78 is 14.2. The number of rotatable bonds is 3. The van der Waals surface area contributed by atoms with Crippen LogP contribution in [-0.4, -0.2) is 36.0 Å². The second-order valence-electron chi connectivity index (χ2n) is 8.85. The van der Waals surface area contributed by atoms with Crippen LogP contribution in [0.25, 0.3) is 0 Å². The number of carbonyl (C=O) groups excluding carboxylic acids is 2. The Kier molecular flexibility index (Phi) is 6.25. The van der Waals surface area contributed by atoms with Crippen LogP contribution in [0.15, 0.2) is 42.5 Å². The van der Waals surface area contributed by atoms with Crippen molar-refractivity contribution in [3.05, 3.63) is 70.5 Å². The first kappa shape index (κ1) is 21.3. The van der Waals surface area contributed by atoms with Crippen molar-refractivity contribution in [3.8, 4) is 0 Å². The van der Waals surface area contributed by atoms with Gasteiger partial charge in [-0.15, -0.1) is 0 Å². The molecule has 2 aromatic carbocycles. The molecule has 2 atom stereocenters. The maximum Gasteiger partial charge on any atom is 0.317 e. The minimum atomic E-state index is -0.186. The molecule has 1 aliphatic heterocycles. The predicted octanol–water partition coefficient (Wildman–Crippen LogP) is 4.36. The normalized spacial score (nSPS) is 21.3. The van der Waals surface area contributed by atoms with Gasteiger partial charge in [0.2, 0.25) is 0 Å². The summed E-state index contributed by atoms with van der Waals surface area (Å²) in [6, 6.07) is 12.4. The smallest absolute Gasteiger partial charge is 0.317 e. The molecule has 1 fully saturated rings. The SMILES string of the molecule is Cc1cccc(C(=O)NC2CCN(C(=O)NC3c4cccc(F)c4CCC3C)CC2)c1. The van der Waals surface area contributed by atoms with Gasteiger partial charge in [0, 0.05) is 24.7 Å². The van der Waals surface area contributed by atoms with E-state index < -0.39 is 0 Å². The van der Waals surface area contributed by atoms with Crippen molar-refractivity contribution in [2.45, 2.75) is 51.6 Å². The fourth-order valence-corrected chi connectivity index (χ4v) is 4.70. The number of amides is 3. The van der Waals surface area contributed by atoms with E-state index in [1.807, 2.05) is 37.3 Å². The van der Waals surface area contributed by atoms with Crippen molar-refractivity contribution in [3.63, 3.8) is 0 Å². The number of aryl methyl sites for hydroxylation is 1. The number of nitrogens with zero attached hydrogens (tertiary/aromatic N) is 1. The van der Waals surface area contributed by atoms with Gasteiger partial charge < -0.3 is 15.5 Å². The van der Waals surface area contributed by atoms with E-state index >= 15 is 0 Å². The molecule has 31 heavy (non-hydrogen) atoms. The van der Waals surface area contributed by atoms with Crippen LogP contribution in [0.3, 0.4) is 0 Å². The van der Waals surface area contributed by atoms with Gasteiger partial charge in [0.05, 0.1) is 6.04 Å². The lowest BCUT2D eigenvalue weighted by atomic mass is 9.80. The van der Waals surface area contributed by atoms with Crippen molar-refractivity contribution < 1.29 is 14.0 Å². The Morgan fingerprint density at radius 2 is 1.77 bits per heavy atom. The number of halogens is 1. The molecule has 0 bridgehead atoms. The van der Waals surface area contributed by atoms with E-state index in [0.29, 0.717) is 25.1 Å². The first-order valence-corrected chi connectivity index (χ1v) is 11.1. The van der Waals surface area contributed by atoms with E-state index in [0.717, 1.165) is 36.0 Å². The van der Waals surface area contributed by atoms with Crippen LogP contribution in [0.1, 0.15) is 59.3 Å². The molecule has 4 rings (SSSR count). The van der Waals surface area contributed by atoms with Crippen molar-refractivity contribution in [1.82, 2.24) is 15.5 Å². The Morgan fingerprint density at radius 1 is 1.03 bits per heavy atom. The van der Waals surface area contributed by atoms with Crippen molar-refractivity contribution >= 4 is 11.9 Å². The third-order valence-electron chi connectivity index (χ3n) is 6.59. The van der Waals surface area contributed by atoms with E-state index in [4.69, 9.17) is 0 Å². The number of fused-ring (bicyclic) bond motifs is 1. The molecule has 0 aromatic heterocycles. The summed E-state index contributed by atoms with van der Waals surface area (Å²) in [5.41, 5.74) is 3.34. The summed E-state index contributed by atoms with van der Waals surface area (Å²) in [4.78, 5) is 27.2. The van der Waals surface area contributed by atoms with Crippen molar-refractivity contribution in [1.29, 1.82) is 0 Å². The Labute approximate surface area is 183 Å². The Bertz CT molecular complexity index is 969. The maximum absolute atomic E-state index is 14.2. The van der Waals surface area contributed by atoms with Crippen LogP contribution in [0.4, 0.5) is 9.18 Å². The van der Waals surface area contributed by atoms with E-state index in [1.54, 1.807) is 11.0 Å². The lowest BCUT2D eigenvalue weighted by molar-refractivity contribution is 0.0917. The molecule has 2 N–H and O–H groups in total.